The number of esters is 1. The maximum atomic E-state index is 11.4. The molecule has 0 bridgehead atoms. The molecule has 15 heavy (non-hydrogen) atoms. The zero-order valence-electron chi connectivity index (χ0n) is 9.54. The Hall–Kier alpha value is -1.56. The van der Waals surface area contributed by atoms with Gasteiger partial charge in [-0.3, -0.25) is 0 Å². The first-order valence-electron chi connectivity index (χ1n) is 4.97. The molecule has 0 radical (unpaired) electrons. The summed E-state index contributed by atoms with van der Waals surface area (Å²) in [5, 5.41) is 8.88. The number of hydrogen-bond donors (Lipinski definition) is 0. The second kappa shape index (κ2) is 6.83. The van der Waals surface area contributed by atoms with Gasteiger partial charge in [0.05, 0.1) is 6.61 Å². The van der Waals surface area contributed by atoms with E-state index >= 15 is 0 Å². The number of rotatable bonds is 5. The van der Waals surface area contributed by atoms with Crippen LogP contribution in [0.2, 0.25) is 0 Å². The highest BCUT2D eigenvalue weighted by molar-refractivity contribution is 5.93. The van der Waals surface area contributed by atoms with Crippen molar-refractivity contribution >= 4 is 5.97 Å². The Balaban J connectivity index is 4.90. The van der Waals surface area contributed by atoms with Crippen LogP contribution >= 0.6 is 0 Å². The van der Waals surface area contributed by atoms with Crippen molar-refractivity contribution in [2.45, 2.75) is 27.2 Å². The van der Waals surface area contributed by atoms with Gasteiger partial charge in [0.1, 0.15) is 11.6 Å². The van der Waals surface area contributed by atoms with Gasteiger partial charge in [-0.15, -0.1) is 6.58 Å². The molecule has 3 nitrogen and oxygen atoms in total. The van der Waals surface area contributed by atoms with Crippen molar-refractivity contribution in [3.05, 3.63) is 23.8 Å². The van der Waals surface area contributed by atoms with Crippen molar-refractivity contribution in [2.75, 3.05) is 6.61 Å². The highest BCUT2D eigenvalue weighted by Crippen LogP contribution is 2.19. The molecule has 0 amide bonds. The van der Waals surface area contributed by atoms with E-state index in [0.717, 1.165) is 12.0 Å². The van der Waals surface area contributed by atoms with E-state index in [-0.39, 0.29) is 18.1 Å². The van der Waals surface area contributed by atoms with Gasteiger partial charge >= 0.3 is 5.97 Å². The van der Waals surface area contributed by atoms with E-state index < -0.39 is 5.97 Å². The van der Waals surface area contributed by atoms with Gasteiger partial charge in [-0.2, -0.15) is 5.26 Å². The number of nitriles is 1. The van der Waals surface area contributed by atoms with Crippen LogP contribution in [0.3, 0.4) is 0 Å². The SMILES string of the molecule is C=CC[C@H](C)/C(C)=C(/C#N)C(=O)OCC. The van der Waals surface area contributed by atoms with E-state index in [1.807, 2.05) is 13.0 Å². The lowest BCUT2D eigenvalue weighted by Gasteiger charge is -2.11. The summed E-state index contributed by atoms with van der Waals surface area (Å²) in [6, 6.07) is 1.90. The van der Waals surface area contributed by atoms with Crippen LogP contribution in [0.1, 0.15) is 27.2 Å². The van der Waals surface area contributed by atoms with Crippen LogP contribution in [0.25, 0.3) is 0 Å². The molecule has 0 saturated heterocycles. The summed E-state index contributed by atoms with van der Waals surface area (Å²) < 4.78 is 4.80. The van der Waals surface area contributed by atoms with Crippen LogP contribution in [0.4, 0.5) is 0 Å². The monoisotopic (exact) mass is 207 g/mol. The molecule has 3 heteroatoms. The Bertz CT molecular complexity index is 310. The number of allylic oxidation sites excluding steroid dienone is 2. The minimum absolute atomic E-state index is 0.117. The predicted molar refractivity (Wildman–Crippen MR) is 58.9 cm³/mol. The molecule has 0 N–H and O–H groups in total. The van der Waals surface area contributed by atoms with Gasteiger partial charge in [0, 0.05) is 0 Å². The molecule has 0 aromatic heterocycles. The van der Waals surface area contributed by atoms with Crippen LogP contribution in [0.15, 0.2) is 23.8 Å². The summed E-state index contributed by atoms with van der Waals surface area (Å²) in [5.41, 5.74) is 0.877. The molecule has 0 saturated carbocycles. The van der Waals surface area contributed by atoms with Gasteiger partial charge in [-0.25, -0.2) is 4.79 Å². The number of nitrogens with zero attached hydrogens (tertiary/aromatic N) is 1. The molecule has 0 unspecified atom stereocenters. The highest BCUT2D eigenvalue weighted by Gasteiger charge is 2.16. The lowest BCUT2D eigenvalue weighted by Crippen LogP contribution is -2.11. The Morgan fingerprint density at radius 2 is 2.27 bits per heavy atom. The first kappa shape index (κ1) is 13.4. The fourth-order valence-electron chi connectivity index (χ4n) is 1.17. The Morgan fingerprint density at radius 1 is 1.67 bits per heavy atom. The molecule has 0 heterocycles. The van der Waals surface area contributed by atoms with Crippen molar-refractivity contribution in [2.24, 2.45) is 5.92 Å². The average Bonchev–Trinajstić information content (AvgIpc) is 2.19. The van der Waals surface area contributed by atoms with Gasteiger partial charge < -0.3 is 4.74 Å². The van der Waals surface area contributed by atoms with E-state index in [9.17, 15) is 4.79 Å². The second-order valence-corrected chi connectivity index (χ2v) is 3.32. The third kappa shape index (κ3) is 3.99. The first-order valence-corrected chi connectivity index (χ1v) is 4.97. The van der Waals surface area contributed by atoms with Gasteiger partial charge in [-0.05, 0) is 31.8 Å². The summed E-state index contributed by atoms with van der Waals surface area (Å²) in [6.07, 6.45) is 2.52. The maximum Gasteiger partial charge on any atom is 0.348 e. The number of hydrogen-bond acceptors (Lipinski definition) is 3. The summed E-state index contributed by atoms with van der Waals surface area (Å²) in [7, 11) is 0. The topological polar surface area (TPSA) is 50.1 Å². The second-order valence-electron chi connectivity index (χ2n) is 3.32. The van der Waals surface area contributed by atoms with Crippen LogP contribution in [0.5, 0.6) is 0 Å². The zero-order valence-corrected chi connectivity index (χ0v) is 9.54. The fourth-order valence-corrected chi connectivity index (χ4v) is 1.17. The Morgan fingerprint density at radius 3 is 2.67 bits per heavy atom. The molecule has 0 aliphatic heterocycles. The maximum absolute atomic E-state index is 11.4. The molecular weight excluding hydrogens is 190 g/mol. The lowest BCUT2D eigenvalue weighted by atomic mass is 9.95. The van der Waals surface area contributed by atoms with E-state index in [1.165, 1.54) is 0 Å². The van der Waals surface area contributed by atoms with Crippen LogP contribution in [-0.2, 0) is 9.53 Å². The van der Waals surface area contributed by atoms with E-state index in [0.29, 0.717) is 0 Å². The molecule has 82 valence electrons. The van der Waals surface area contributed by atoms with Crippen molar-refractivity contribution < 1.29 is 9.53 Å². The minimum atomic E-state index is -0.534. The molecule has 0 aromatic carbocycles. The van der Waals surface area contributed by atoms with Gasteiger partial charge in [-0.1, -0.05) is 13.0 Å². The molecule has 0 spiro atoms. The first-order chi connectivity index (χ1) is 7.08. The smallest absolute Gasteiger partial charge is 0.348 e. The predicted octanol–water partition coefficient (Wildman–Crippen LogP) is 2.60. The molecular formula is C12H17NO2. The summed E-state index contributed by atoms with van der Waals surface area (Å²) in [4.78, 5) is 11.4. The largest absolute Gasteiger partial charge is 0.462 e. The van der Waals surface area contributed by atoms with E-state index in [2.05, 4.69) is 6.58 Å². The van der Waals surface area contributed by atoms with Crippen molar-refractivity contribution in [3.8, 4) is 6.07 Å². The Labute approximate surface area is 91.0 Å². The molecule has 0 aliphatic carbocycles. The number of carbonyl (C=O) groups is 1. The summed E-state index contributed by atoms with van der Waals surface area (Å²) in [5.74, 6) is -0.394. The summed E-state index contributed by atoms with van der Waals surface area (Å²) in [6.45, 7) is 9.36. The van der Waals surface area contributed by atoms with Gasteiger partial charge in [0.15, 0.2) is 0 Å². The van der Waals surface area contributed by atoms with Crippen molar-refractivity contribution in [1.29, 1.82) is 5.26 Å². The lowest BCUT2D eigenvalue weighted by molar-refractivity contribution is -0.138. The van der Waals surface area contributed by atoms with E-state index in [4.69, 9.17) is 10.00 Å². The molecule has 0 rings (SSSR count). The normalized spacial score (nSPS) is 13.5. The third-order valence-electron chi connectivity index (χ3n) is 2.25. The van der Waals surface area contributed by atoms with Crippen LogP contribution in [-0.4, -0.2) is 12.6 Å². The van der Waals surface area contributed by atoms with Gasteiger partial charge in [0.25, 0.3) is 0 Å². The van der Waals surface area contributed by atoms with E-state index in [1.54, 1.807) is 19.9 Å². The van der Waals surface area contributed by atoms with Crippen molar-refractivity contribution in [1.82, 2.24) is 0 Å². The zero-order chi connectivity index (χ0) is 11.8. The fraction of sp³-hybridized carbons (Fsp3) is 0.500. The summed E-state index contributed by atoms with van der Waals surface area (Å²) >= 11 is 0. The van der Waals surface area contributed by atoms with Crippen LogP contribution < -0.4 is 0 Å². The third-order valence-corrected chi connectivity index (χ3v) is 2.25. The van der Waals surface area contributed by atoms with Crippen molar-refractivity contribution in [3.63, 3.8) is 0 Å². The minimum Gasteiger partial charge on any atom is -0.462 e. The number of carbonyl (C=O) groups excluding carboxylic acids is 1. The van der Waals surface area contributed by atoms with Gasteiger partial charge in [0.2, 0.25) is 0 Å². The molecule has 0 aromatic rings. The molecule has 1 atom stereocenters. The number of ether oxygens (including phenoxy) is 1. The quantitative estimate of drug-likeness (QED) is 0.301. The highest BCUT2D eigenvalue weighted by atomic mass is 16.5. The molecule has 0 aliphatic rings. The van der Waals surface area contributed by atoms with Crippen LogP contribution in [0, 0.1) is 17.2 Å². The average molecular weight is 207 g/mol. The molecule has 0 fully saturated rings. The Kier molecular flexibility index (Phi) is 6.12. The standard InChI is InChI=1S/C12H17NO2/c1-5-7-9(3)10(4)11(8-13)12(14)15-6-2/h5,9H,1,6-7H2,2-4H3/b11-10-/t9-/m0/s1.